The second-order valence-electron chi connectivity index (χ2n) is 9.17. The summed E-state index contributed by atoms with van der Waals surface area (Å²) in [5.74, 6) is 0.397. The largest absolute Gasteiger partial charge is 0.379 e. The van der Waals surface area contributed by atoms with Crippen LogP contribution in [0.3, 0.4) is 0 Å². The van der Waals surface area contributed by atoms with E-state index in [1.165, 1.54) is 16.3 Å². The number of thiocarbonyl (C=S) groups is 1. The van der Waals surface area contributed by atoms with Crippen molar-refractivity contribution in [3.05, 3.63) is 48.1 Å². The van der Waals surface area contributed by atoms with Gasteiger partial charge in [-0.3, -0.25) is 5.43 Å². The van der Waals surface area contributed by atoms with Crippen LogP contribution in [-0.2, 0) is 14.8 Å². The van der Waals surface area contributed by atoms with E-state index in [1.54, 1.807) is 24.3 Å². The summed E-state index contributed by atoms with van der Waals surface area (Å²) in [6.45, 7) is 10.3. The Labute approximate surface area is 203 Å². The van der Waals surface area contributed by atoms with Gasteiger partial charge in [-0.05, 0) is 74.7 Å². The van der Waals surface area contributed by atoms with E-state index in [-0.39, 0.29) is 10.3 Å². The quantitative estimate of drug-likeness (QED) is 0.268. The number of benzene rings is 1. The van der Waals surface area contributed by atoms with E-state index in [0.29, 0.717) is 43.0 Å². The number of anilines is 1. The van der Waals surface area contributed by atoms with Gasteiger partial charge in [-0.25, -0.2) is 8.42 Å². The summed E-state index contributed by atoms with van der Waals surface area (Å²) in [5.41, 5.74) is 5.99. The molecule has 0 spiro atoms. The lowest BCUT2D eigenvalue weighted by molar-refractivity contribution is 0.0730. The molecule has 1 saturated heterocycles. The van der Waals surface area contributed by atoms with Crippen LogP contribution in [0.2, 0.25) is 0 Å². The van der Waals surface area contributed by atoms with Crippen molar-refractivity contribution in [1.82, 2.24) is 9.73 Å². The molecule has 1 aliphatic heterocycles. The highest BCUT2D eigenvalue weighted by atomic mass is 32.2. The summed E-state index contributed by atoms with van der Waals surface area (Å²) in [7, 11) is -3.51. The summed E-state index contributed by atoms with van der Waals surface area (Å²) in [5, 5.41) is 7.70. The van der Waals surface area contributed by atoms with Crippen LogP contribution in [0, 0.1) is 11.3 Å². The fourth-order valence-electron chi connectivity index (χ4n) is 4.20. The Morgan fingerprint density at radius 1 is 1.24 bits per heavy atom. The number of nitrogens with zero attached hydrogens (tertiary/aromatic N) is 2. The molecule has 33 heavy (non-hydrogen) atoms. The first-order valence-electron chi connectivity index (χ1n) is 11.2. The molecule has 1 aliphatic carbocycles. The predicted molar refractivity (Wildman–Crippen MR) is 138 cm³/mol. The highest BCUT2D eigenvalue weighted by molar-refractivity contribution is 7.89. The first-order valence-corrected chi connectivity index (χ1v) is 13.1. The fraction of sp³-hybridized carbons (Fsp3) is 0.500. The van der Waals surface area contributed by atoms with E-state index in [2.05, 4.69) is 48.8 Å². The molecule has 1 aromatic carbocycles. The average Bonchev–Trinajstić information content (AvgIpc) is 2.78. The molecular formula is C24H34N4O3S2. The van der Waals surface area contributed by atoms with Gasteiger partial charge in [0.2, 0.25) is 10.0 Å². The molecule has 180 valence electrons. The summed E-state index contributed by atoms with van der Waals surface area (Å²) in [6.07, 6.45) is 8.87. The third kappa shape index (κ3) is 6.72. The monoisotopic (exact) mass is 490 g/mol. The Morgan fingerprint density at radius 3 is 2.55 bits per heavy atom. The number of allylic oxidation sites excluding steroid dienone is 4. The summed E-state index contributed by atoms with van der Waals surface area (Å²) in [4.78, 5) is 0.253. The van der Waals surface area contributed by atoms with Crippen molar-refractivity contribution in [1.29, 1.82) is 0 Å². The molecule has 1 heterocycles. The lowest BCUT2D eigenvalue weighted by Gasteiger charge is -2.36. The van der Waals surface area contributed by atoms with Crippen LogP contribution in [0.4, 0.5) is 5.69 Å². The minimum Gasteiger partial charge on any atom is -0.379 e. The van der Waals surface area contributed by atoms with E-state index < -0.39 is 10.0 Å². The van der Waals surface area contributed by atoms with E-state index >= 15 is 0 Å². The smallest absolute Gasteiger partial charge is 0.243 e. The molecule has 1 fully saturated rings. The second kappa shape index (κ2) is 10.9. The van der Waals surface area contributed by atoms with Crippen LogP contribution in [0.25, 0.3) is 0 Å². The van der Waals surface area contributed by atoms with Gasteiger partial charge in [0.05, 0.1) is 23.8 Å². The van der Waals surface area contributed by atoms with Crippen LogP contribution in [0.15, 0.2) is 58.1 Å². The molecule has 0 bridgehead atoms. The molecule has 7 nitrogen and oxygen atoms in total. The van der Waals surface area contributed by atoms with Gasteiger partial charge >= 0.3 is 0 Å². The molecule has 0 unspecified atom stereocenters. The van der Waals surface area contributed by atoms with Crippen molar-refractivity contribution in [2.45, 2.75) is 45.4 Å². The van der Waals surface area contributed by atoms with Crippen LogP contribution in [-0.4, -0.2) is 49.9 Å². The van der Waals surface area contributed by atoms with Crippen molar-refractivity contribution >= 4 is 38.8 Å². The highest BCUT2D eigenvalue weighted by Gasteiger charge is 2.30. The summed E-state index contributed by atoms with van der Waals surface area (Å²) < 4.78 is 32.1. The van der Waals surface area contributed by atoms with E-state index in [1.807, 2.05) is 13.0 Å². The molecule has 0 amide bonds. The zero-order valence-electron chi connectivity index (χ0n) is 19.8. The molecule has 1 aromatic rings. The first-order chi connectivity index (χ1) is 15.6. The SMILES string of the molecule is CC1=CCCC(C)(C)[C@@H]1/C=C/C(C)=N/NC(=S)Nc1ccc(S(=O)(=O)N2CCOCC2)cc1. The Bertz CT molecular complexity index is 1040. The van der Waals surface area contributed by atoms with Gasteiger partial charge < -0.3 is 10.1 Å². The number of sulfonamides is 1. The van der Waals surface area contributed by atoms with Gasteiger partial charge in [0.15, 0.2) is 5.11 Å². The van der Waals surface area contributed by atoms with Crippen molar-refractivity contribution in [3.63, 3.8) is 0 Å². The lowest BCUT2D eigenvalue weighted by Crippen LogP contribution is -2.40. The van der Waals surface area contributed by atoms with Crippen molar-refractivity contribution in [2.24, 2.45) is 16.4 Å². The van der Waals surface area contributed by atoms with Gasteiger partial charge in [-0.15, -0.1) is 0 Å². The number of hydrogen-bond acceptors (Lipinski definition) is 5. The van der Waals surface area contributed by atoms with Gasteiger partial charge in [0.25, 0.3) is 0 Å². The number of hydrogen-bond donors (Lipinski definition) is 2. The second-order valence-corrected chi connectivity index (χ2v) is 11.5. The zero-order chi connectivity index (χ0) is 24.1. The average molecular weight is 491 g/mol. The number of nitrogens with one attached hydrogen (secondary N) is 2. The van der Waals surface area contributed by atoms with Crippen LogP contribution < -0.4 is 10.7 Å². The number of rotatable bonds is 6. The minimum absolute atomic E-state index is 0.237. The van der Waals surface area contributed by atoms with Gasteiger partial charge in [-0.2, -0.15) is 9.41 Å². The minimum atomic E-state index is -3.51. The van der Waals surface area contributed by atoms with Gasteiger partial charge in [0.1, 0.15) is 0 Å². The third-order valence-electron chi connectivity index (χ3n) is 6.17. The summed E-state index contributed by atoms with van der Waals surface area (Å²) >= 11 is 5.32. The topological polar surface area (TPSA) is 83.0 Å². The Kier molecular flexibility index (Phi) is 8.44. The van der Waals surface area contributed by atoms with Crippen molar-refractivity contribution in [3.8, 4) is 0 Å². The molecule has 0 aromatic heterocycles. The third-order valence-corrected chi connectivity index (χ3v) is 8.28. The normalized spacial score (nSPS) is 22.1. The maximum Gasteiger partial charge on any atom is 0.243 e. The van der Waals surface area contributed by atoms with Crippen LogP contribution in [0.1, 0.15) is 40.5 Å². The zero-order valence-corrected chi connectivity index (χ0v) is 21.4. The molecular weight excluding hydrogens is 456 g/mol. The molecule has 0 saturated carbocycles. The molecule has 9 heteroatoms. The van der Waals surface area contributed by atoms with Crippen molar-refractivity contribution < 1.29 is 13.2 Å². The maximum absolute atomic E-state index is 12.7. The van der Waals surface area contributed by atoms with E-state index in [0.717, 1.165) is 12.1 Å². The van der Waals surface area contributed by atoms with Gasteiger partial charge in [-0.1, -0.05) is 31.6 Å². The number of hydrazone groups is 1. The molecule has 2 N–H and O–H groups in total. The molecule has 1 atom stereocenters. The lowest BCUT2D eigenvalue weighted by atomic mass is 9.68. The Hall–Kier alpha value is -2.07. The molecule has 2 aliphatic rings. The Morgan fingerprint density at radius 2 is 1.91 bits per heavy atom. The van der Waals surface area contributed by atoms with Gasteiger partial charge in [0, 0.05) is 24.7 Å². The van der Waals surface area contributed by atoms with E-state index in [9.17, 15) is 8.42 Å². The highest BCUT2D eigenvalue weighted by Crippen LogP contribution is 2.41. The first kappa shape index (κ1) is 25.6. The molecule has 0 radical (unpaired) electrons. The predicted octanol–water partition coefficient (Wildman–Crippen LogP) is 4.31. The standard InChI is InChI=1S/C24H34N4O3S2/c1-18-6-5-13-24(3,4)22(18)12-7-19(2)26-27-23(32)25-20-8-10-21(11-9-20)33(29,30)28-14-16-31-17-15-28/h6-12,22H,5,13-17H2,1-4H3,(H2,25,27,32)/b12-7+,26-19+/t22-/m1/s1. The van der Waals surface area contributed by atoms with Crippen LogP contribution in [0.5, 0.6) is 0 Å². The summed E-state index contributed by atoms with van der Waals surface area (Å²) in [6, 6.07) is 6.54. The Balaban J connectivity index is 1.55. The van der Waals surface area contributed by atoms with Crippen LogP contribution >= 0.6 is 12.2 Å². The maximum atomic E-state index is 12.7. The number of ether oxygens (including phenoxy) is 1. The van der Waals surface area contributed by atoms with Crippen molar-refractivity contribution in [2.75, 3.05) is 31.6 Å². The van der Waals surface area contributed by atoms with E-state index in [4.69, 9.17) is 17.0 Å². The number of morpholine rings is 1. The molecule has 3 rings (SSSR count). The fourth-order valence-corrected chi connectivity index (χ4v) is 5.77.